The monoisotopic (exact) mass is 436 g/mol. The predicted octanol–water partition coefficient (Wildman–Crippen LogP) is 4.65. The normalized spacial score (nSPS) is 33.0. The quantitative estimate of drug-likeness (QED) is 0.587. The minimum absolute atomic E-state index is 0.160. The van der Waals surface area contributed by atoms with Crippen molar-refractivity contribution in [3.8, 4) is 0 Å². The van der Waals surface area contributed by atoms with E-state index in [1.165, 1.54) is 5.57 Å². The number of Topliss-reactive ketones (excluding diaryl/α,β-unsaturated/α-hetero) is 1. The van der Waals surface area contributed by atoms with Gasteiger partial charge in [0.1, 0.15) is 12.2 Å². The van der Waals surface area contributed by atoms with Crippen molar-refractivity contribution in [3.63, 3.8) is 0 Å². The summed E-state index contributed by atoms with van der Waals surface area (Å²) in [6, 6.07) is 0. The zero-order valence-electron chi connectivity index (χ0n) is 20.3. The van der Waals surface area contributed by atoms with Crippen LogP contribution in [-0.2, 0) is 23.7 Å². The summed E-state index contributed by atoms with van der Waals surface area (Å²) in [6.45, 7) is 15.1. The summed E-state index contributed by atoms with van der Waals surface area (Å²) in [6.07, 6.45) is 4.33. The Kier molecular flexibility index (Phi) is 5.09. The second-order valence-electron chi connectivity index (χ2n) is 11.9. The van der Waals surface area contributed by atoms with E-state index in [1.807, 2.05) is 0 Å². The van der Waals surface area contributed by atoms with Crippen LogP contribution in [0.1, 0.15) is 59.8 Å². The highest BCUT2D eigenvalue weighted by atomic mass is 28.3. The Hall–Kier alpha value is -0.533. The molecule has 1 saturated heterocycles. The molecule has 4 aliphatic rings. The number of hydrogen-bond acceptors (Lipinski definition) is 5. The summed E-state index contributed by atoms with van der Waals surface area (Å²) in [5.74, 6) is -0.148. The van der Waals surface area contributed by atoms with Gasteiger partial charge in [-0.15, -0.1) is 0 Å². The molecule has 30 heavy (non-hydrogen) atoms. The number of hydrogen-bond donors (Lipinski definition) is 0. The molecule has 3 fully saturated rings. The Bertz CT molecular complexity index is 747. The first-order valence-electron chi connectivity index (χ1n) is 11.5. The number of carbonyl (C=O) groups excluding carboxylic acids is 1. The van der Waals surface area contributed by atoms with Gasteiger partial charge in [0.25, 0.3) is 0 Å². The largest absolute Gasteiger partial charge is 0.376 e. The maximum atomic E-state index is 13.7. The number of ether oxygens (including phenoxy) is 4. The maximum Gasteiger partial charge on any atom is 0.192 e. The molecule has 0 bridgehead atoms. The van der Waals surface area contributed by atoms with Gasteiger partial charge >= 0.3 is 0 Å². The van der Waals surface area contributed by atoms with Crippen molar-refractivity contribution in [3.05, 3.63) is 10.8 Å². The van der Waals surface area contributed by atoms with Crippen molar-refractivity contribution in [2.45, 2.75) is 109 Å². The summed E-state index contributed by atoms with van der Waals surface area (Å²) in [4.78, 5) is 13.7. The fourth-order valence-electron chi connectivity index (χ4n) is 6.04. The van der Waals surface area contributed by atoms with E-state index in [0.717, 1.165) is 37.3 Å². The lowest BCUT2D eigenvalue weighted by molar-refractivity contribution is -0.191. The van der Waals surface area contributed by atoms with Crippen molar-refractivity contribution in [1.29, 1.82) is 0 Å². The summed E-state index contributed by atoms with van der Waals surface area (Å²) in [5.41, 5.74) is -0.0544. The van der Waals surface area contributed by atoms with Crippen LogP contribution in [0.4, 0.5) is 0 Å². The Labute approximate surface area is 182 Å². The van der Waals surface area contributed by atoms with Gasteiger partial charge in [0.15, 0.2) is 11.6 Å². The molecule has 0 aromatic heterocycles. The first-order chi connectivity index (χ1) is 13.8. The van der Waals surface area contributed by atoms with Crippen molar-refractivity contribution in [2.75, 3.05) is 14.2 Å². The third kappa shape index (κ3) is 3.05. The molecule has 6 heteroatoms. The molecule has 2 saturated carbocycles. The maximum absolute atomic E-state index is 13.7. The molecular weight excluding hydrogens is 396 g/mol. The van der Waals surface area contributed by atoms with Gasteiger partial charge in [-0.2, -0.15) is 0 Å². The van der Waals surface area contributed by atoms with Gasteiger partial charge in [0.05, 0.1) is 19.3 Å². The topological polar surface area (TPSA) is 54.0 Å². The van der Waals surface area contributed by atoms with E-state index < -0.39 is 25.1 Å². The zero-order valence-corrected chi connectivity index (χ0v) is 21.3. The first-order valence-corrected chi connectivity index (χ1v) is 15.0. The predicted molar refractivity (Wildman–Crippen MR) is 119 cm³/mol. The van der Waals surface area contributed by atoms with Gasteiger partial charge in [-0.05, 0) is 70.1 Å². The fourth-order valence-corrected chi connectivity index (χ4v) is 8.14. The highest BCUT2D eigenvalue weighted by Crippen LogP contribution is 2.68. The van der Waals surface area contributed by atoms with E-state index in [2.05, 4.69) is 47.3 Å². The van der Waals surface area contributed by atoms with E-state index in [9.17, 15) is 4.79 Å². The Balaban J connectivity index is 1.87. The van der Waals surface area contributed by atoms with Crippen molar-refractivity contribution in [2.24, 2.45) is 11.3 Å². The average molecular weight is 437 g/mol. The molecule has 0 radical (unpaired) electrons. The van der Waals surface area contributed by atoms with Crippen LogP contribution in [-0.4, -0.2) is 57.3 Å². The second kappa shape index (κ2) is 6.74. The van der Waals surface area contributed by atoms with Gasteiger partial charge < -0.3 is 18.9 Å². The Morgan fingerprint density at radius 1 is 0.933 bits per heavy atom. The van der Waals surface area contributed by atoms with Crippen molar-refractivity contribution in [1.82, 2.24) is 0 Å². The molecule has 1 unspecified atom stereocenters. The van der Waals surface area contributed by atoms with Crippen LogP contribution >= 0.6 is 0 Å². The third-order valence-electron chi connectivity index (χ3n) is 8.24. The number of rotatable bonds is 5. The smallest absolute Gasteiger partial charge is 0.192 e. The first kappa shape index (κ1) is 22.7. The lowest BCUT2D eigenvalue weighted by atomic mass is 9.75. The molecule has 0 aromatic carbocycles. The van der Waals surface area contributed by atoms with Gasteiger partial charge in [0, 0.05) is 26.1 Å². The molecule has 1 heterocycles. The summed E-state index contributed by atoms with van der Waals surface area (Å²) < 4.78 is 25.6. The number of carbonyl (C=O) groups is 1. The molecule has 3 atom stereocenters. The summed E-state index contributed by atoms with van der Waals surface area (Å²) in [7, 11) is 1.56. The number of ketones is 1. The number of fused-ring (bicyclic) bond motifs is 3. The van der Waals surface area contributed by atoms with Crippen molar-refractivity contribution >= 4 is 13.9 Å². The summed E-state index contributed by atoms with van der Waals surface area (Å²) in [5, 5.41) is 1.09. The minimum Gasteiger partial charge on any atom is -0.376 e. The van der Waals surface area contributed by atoms with E-state index in [-0.39, 0.29) is 23.5 Å². The van der Waals surface area contributed by atoms with Crippen LogP contribution < -0.4 is 0 Å². The molecule has 0 N–H and O–H groups in total. The van der Waals surface area contributed by atoms with Crippen LogP contribution in [0.15, 0.2) is 10.8 Å². The van der Waals surface area contributed by atoms with Crippen LogP contribution in [0.5, 0.6) is 0 Å². The van der Waals surface area contributed by atoms with E-state index in [4.69, 9.17) is 18.9 Å². The SMILES string of the molecule is COC(C)(C)[C@@H]1OC2(CCCC3C2=C([Si](C)(C)C)C(=O)C32CC2)O[C@H]1C(C)(C)OC. The zero-order chi connectivity index (χ0) is 22.3. The van der Waals surface area contributed by atoms with Crippen LogP contribution in [0.25, 0.3) is 0 Å². The standard InChI is InChI=1S/C24H40O5Si/c1-21(2,26-5)19-20(22(3,4)27-6)29-24(28-19)12-10-11-15-16(24)17(30(7,8)9)18(25)23(15)13-14-23/h15,19-20H,10-14H2,1-9H3/t15?,19-,20-/m1/s1. The molecule has 4 rings (SSSR count). The van der Waals surface area contributed by atoms with Crippen LogP contribution in [0, 0.1) is 11.3 Å². The van der Waals surface area contributed by atoms with E-state index in [0.29, 0.717) is 5.78 Å². The molecule has 0 amide bonds. The number of allylic oxidation sites excluding steroid dienone is 1. The Morgan fingerprint density at radius 2 is 1.43 bits per heavy atom. The van der Waals surface area contributed by atoms with Gasteiger partial charge in [-0.3, -0.25) is 4.79 Å². The highest BCUT2D eigenvalue weighted by Gasteiger charge is 2.70. The molecule has 5 nitrogen and oxygen atoms in total. The fraction of sp³-hybridized carbons (Fsp3) is 0.875. The second-order valence-corrected chi connectivity index (χ2v) is 16.9. The third-order valence-corrected chi connectivity index (χ3v) is 10.2. The van der Waals surface area contributed by atoms with E-state index >= 15 is 0 Å². The molecule has 2 spiro atoms. The summed E-state index contributed by atoms with van der Waals surface area (Å²) >= 11 is 0. The van der Waals surface area contributed by atoms with Gasteiger partial charge in [-0.25, -0.2) is 0 Å². The molecule has 3 aliphatic carbocycles. The lowest BCUT2D eigenvalue weighted by Gasteiger charge is -2.41. The van der Waals surface area contributed by atoms with Gasteiger partial charge in [0.2, 0.25) is 0 Å². The Morgan fingerprint density at radius 3 is 1.83 bits per heavy atom. The van der Waals surface area contributed by atoms with Crippen LogP contribution in [0.3, 0.4) is 0 Å². The van der Waals surface area contributed by atoms with Crippen molar-refractivity contribution < 1.29 is 23.7 Å². The van der Waals surface area contributed by atoms with Crippen LogP contribution in [0.2, 0.25) is 19.6 Å². The highest BCUT2D eigenvalue weighted by molar-refractivity contribution is 6.87. The molecular formula is C24H40O5Si. The minimum atomic E-state index is -1.88. The average Bonchev–Trinajstić information content (AvgIpc) is 3.30. The van der Waals surface area contributed by atoms with E-state index in [1.54, 1.807) is 14.2 Å². The molecule has 0 aromatic rings. The molecule has 170 valence electrons. The van der Waals surface area contributed by atoms with Gasteiger partial charge in [-0.1, -0.05) is 19.6 Å². The number of methoxy groups -OCH3 is 2. The molecule has 1 aliphatic heterocycles. The lowest BCUT2D eigenvalue weighted by Crippen LogP contribution is -2.53.